The zero-order chi connectivity index (χ0) is 28.2. The smallest absolute Gasteiger partial charge is 0.264 e. The number of anilines is 4. The molecular formula is C29H36N6O4S. The Morgan fingerprint density at radius 2 is 1.62 bits per heavy atom. The van der Waals surface area contributed by atoms with Gasteiger partial charge >= 0.3 is 0 Å². The topological polar surface area (TPSA) is 155 Å². The van der Waals surface area contributed by atoms with Crippen molar-refractivity contribution in [3.63, 3.8) is 0 Å². The van der Waals surface area contributed by atoms with Crippen LogP contribution in [0.2, 0.25) is 0 Å². The molecule has 2 unspecified atom stereocenters. The summed E-state index contributed by atoms with van der Waals surface area (Å²) in [5, 5.41) is 22.3. The molecule has 2 atom stereocenters. The molecule has 0 radical (unpaired) electrons. The molecule has 0 aliphatic carbocycles. The summed E-state index contributed by atoms with van der Waals surface area (Å²) in [4.78, 5) is 6.63. The molecule has 2 aromatic carbocycles. The number of hydrogen-bond acceptors (Lipinski definition) is 8. The summed E-state index contributed by atoms with van der Waals surface area (Å²) >= 11 is 0. The van der Waals surface area contributed by atoms with E-state index in [9.17, 15) is 18.9 Å². The van der Waals surface area contributed by atoms with Gasteiger partial charge in [-0.1, -0.05) is 19.1 Å². The highest BCUT2D eigenvalue weighted by Gasteiger charge is 2.32. The molecule has 0 spiro atoms. The lowest BCUT2D eigenvalue weighted by Crippen LogP contribution is -2.41. The van der Waals surface area contributed by atoms with Gasteiger partial charge in [-0.25, -0.2) is 0 Å². The maximum atomic E-state index is 11.2. The van der Waals surface area contributed by atoms with Crippen LogP contribution in [0.1, 0.15) is 44.7 Å². The van der Waals surface area contributed by atoms with E-state index in [0.29, 0.717) is 30.5 Å². The minimum Gasteiger partial charge on any atom is -0.412 e. The molecule has 0 bridgehead atoms. The zero-order valence-electron chi connectivity index (χ0n) is 23.0. The third kappa shape index (κ3) is 6.40. The molecule has 40 heavy (non-hydrogen) atoms. The lowest BCUT2D eigenvalue weighted by Gasteiger charge is -2.30. The Bertz CT molecular complexity index is 1470. The number of nitriles is 2. The molecule has 2 aliphatic rings. The summed E-state index contributed by atoms with van der Waals surface area (Å²) in [5.41, 5.74) is 5.16. The van der Waals surface area contributed by atoms with Crippen LogP contribution < -0.4 is 20.0 Å². The molecule has 10 nitrogen and oxygen atoms in total. The third-order valence-electron chi connectivity index (χ3n) is 7.16. The van der Waals surface area contributed by atoms with E-state index in [2.05, 4.69) is 71.2 Å². The Morgan fingerprint density at radius 3 is 2.25 bits per heavy atom. The van der Waals surface area contributed by atoms with Crippen LogP contribution in [0.4, 0.5) is 22.7 Å². The summed E-state index contributed by atoms with van der Waals surface area (Å²) in [6, 6.07) is 15.8. The van der Waals surface area contributed by atoms with Gasteiger partial charge in [-0.3, -0.25) is 4.55 Å². The van der Waals surface area contributed by atoms with Crippen molar-refractivity contribution in [1.82, 2.24) is 0 Å². The number of nitrogens with zero attached hydrogens (tertiary/aromatic N) is 5. The molecule has 4 N–H and O–H groups in total. The van der Waals surface area contributed by atoms with Gasteiger partial charge in [0.2, 0.25) is 0 Å². The molecule has 4 rings (SSSR count). The van der Waals surface area contributed by atoms with Gasteiger partial charge in [0.1, 0.15) is 12.0 Å². The van der Waals surface area contributed by atoms with Crippen molar-refractivity contribution in [2.24, 2.45) is 5.92 Å². The van der Waals surface area contributed by atoms with Gasteiger partial charge in [0.15, 0.2) is 0 Å². The predicted octanol–water partition coefficient (Wildman–Crippen LogP) is 4.23. The number of hydrogen-bond donors (Lipinski definition) is 2. The first kappa shape index (κ1) is 30.5. The number of nitrogens with one attached hydrogen (secondary N) is 1. The average Bonchev–Trinajstić information content (AvgIpc) is 3.43. The van der Waals surface area contributed by atoms with Crippen LogP contribution in [-0.4, -0.2) is 50.0 Å². The Labute approximate surface area is 236 Å². The summed E-state index contributed by atoms with van der Waals surface area (Å²) in [6.07, 6.45) is 7.14. The fourth-order valence-corrected chi connectivity index (χ4v) is 5.86. The van der Waals surface area contributed by atoms with Crippen LogP contribution in [0.5, 0.6) is 0 Å². The van der Waals surface area contributed by atoms with Crippen molar-refractivity contribution in [2.75, 3.05) is 45.4 Å². The molecule has 0 saturated heterocycles. The van der Waals surface area contributed by atoms with Gasteiger partial charge in [-0.2, -0.15) is 18.9 Å². The van der Waals surface area contributed by atoms with E-state index in [1.54, 1.807) is 6.07 Å². The van der Waals surface area contributed by atoms with Crippen LogP contribution >= 0.6 is 0 Å². The quantitative estimate of drug-likeness (QED) is 0.318. The van der Waals surface area contributed by atoms with Crippen molar-refractivity contribution < 1.29 is 18.4 Å². The highest BCUT2D eigenvalue weighted by molar-refractivity contribution is 7.85. The molecular weight excluding hydrogens is 528 g/mol. The fraction of sp³-hybridized carbons (Fsp3) is 0.379. The molecule has 2 aromatic rings. The standard InChI is InChI=1S/C29H34N6O3S.H2O/c1-4-33-25-14-12-23(20-31)18-27(25)34(5-2)28(33)10-8-9-21(3)29-32-24-13-11-22(19-30)17-26(24)35(29)15-6-7-16-39(36,37)38;/h8-14,17-18,21,29,32H,4-7,15-16H2,1-3H3,(H,36,37,38);1H2/b9-8+,28-10-;. The molecule has 2 aliphatic heterocycles. The van der Waals surface area contributed by atoms with Crippen LogP contribution in [0, 0.1) is 28.6 Å². The molecule has 0 fully saturated rings. The second-order valence-electron chi connectivity index (χ2n) is 9.69. The summed E-state index contributed by atoms with van der Waals surface area (Å²) in [6.45, 7) is 8.47. The normalized spacial score (nSPS) is 17.7. The van der Waals surface area contributed by atoms with Gasteiger partial charge in [0.25, 0.3) is 10.1 Å². The van der Waals surface area contributed by atoms with Gasteiger partial charge in [-0.05, 0) is 69.2 Å². The monoisotopic (exact) mass is 564 g/mol. The second kappa shape index (κ2) is 12.9. The summed E-state index contributed by atoms with van der Waals surface area (Å²) in [7, 11) is -4.00. The molecule has 0 saturated carbocycles. The van der Waals surface area contributed by atoms with E-state index in [0.717, 1.165) is 41.7 Å². The Hall–Kier alpha value is -4.03. The molecule has 11 heteroatoms. The van der Waals surface area contributed by atoms with Gasteiger partial charge in [0, 0.05) is 25.6 Å². The van der Waals surface area contributed by atoms with Crippen LogP contribution in [0.3, 0.4) is 0 Å². The number of unbranched alkanes of at least 4 members (excludes halogenated alkanes) is 1. The molecule has 212 valence electrons. The van der Waals surface area contributed by atoms with Crippen LogP contribution in [0.15, 0.2) is 60.4 Å². The van der Waals surface area contributed by atoms with Crippen molar-refractivity contribution in [3.8, 4) is 12.1 Å². The lowest BCUT2D eigenvalue weighted by molar-refractivity contribution is 0.478. The predicted molar refractivity (Wildman–Crippen MR) is 159 cm³/mol. The Balaban J connectivity index is 0.00000441. The largest absolute Gasteiger partial charge is 0.412 e. The maximum Gasteiger partial charge on any atom is 0.264 e. The zero-order valence-corrected chi connectivity index (χ0v) is 23.8. The van der Waals surface area contributed by atoms with Crippen LogP contribution in [-0.2, 0) is 10.1 Å². The SMILES string of the molecule is CCN1/C(=C/C=C/C(C)C2Nc3ccc(C#N)cc3N2CCCCS(=O)(=O)O)N(CC)c2cc(C#N)ccc21.O. The van der Waals surface area contributed by atoms with E-state index < -0.39 is 10.1 Å². The van der Waals surface area contributed by atoms with E-state index in [1.165, 1.54) is 0 Å². The summed E-state index contributed by atoms with van der Waals surface area (Å²) < 4.78 is 31.4. The third-order valence-corrected chi connectivity index (χ3v) is 7.96. The van der Waals surface area contributed by atoms with Crippen molar-refractivity contribution in [3.05, 3.63) is 71.6 Å². The van der Waals surface area contributed by atoms with Gasteiger partial charge in [-0.15, -0.1) is 0 Å². The van der Waals surface area contributed by atoms with Crippen LogP contribution in [0.25, 0.3) is 0 Å². The maximum absolute atomic E-state index is 11.2. The molecule has 0 amide bonds. The minimum absolute atomic E-state index is 0. The number of benzene rings is 2. The van der Waals surface area contributed by atoms with Crippen molar-refractivity contribution in [2.45, 2.75) is 39.8 Å². The second-order valence-corrected chi connectivity index (χ2v) is 11.3. The van der Waals surface area contributed by atoms with E-state index in [1.807, 2.05) is 30.3 Å². The molecule has 2 heterocycles. The highest BCUT2D eigenvalue weighted by Crippen LogP contribution is 2.42. The van der Waals surface area contributed by atoms with Crippen molar-refractivity contribution in [1.29, 1.82) is 10.5 Å². The summed E-state index contributed by atoms with van der Waals surface area (Å²) in [5.74, 6) is 0.852. The first-order valence-electron chi connectivity index (χ1n) is 13.2. The van der Waals surface area contributed by atoms with E-state index >= 15 is 0 Å². The van der Waals surface area contributed by atoms with Gasteiger partial charge in [0.05, 0.1) is 51.8 Å². The lowest BCUT2D eigenvalue weighted by atomic mass is 10.1. The first-order valence-corrected chi connectivity index (χ1v) is 14.8. The average molecular weight is 565 g/mol. The van der Waals surface area contributed by atoms with E-state index in [-0.39, 0.29) is 23.3 Å². The Kier molecular flexibility index (Phi) is 9.83. The molecule has 0 aromatic heterocycles. The number of fused-ring (bicyclic) bond motifs is 2. The highest BCUT2D eigenvalue weighted by atomic mass is 32.2. The number of rotatable bonds is 10. The van der Waals surface area contributed by atoms with E-state index in [4.69, 9.17) is 4.55 Å². The number of allylic oxidation sites excluding steroid dienone is 2. The first-order chi connectivity index (χ1) is 18.7. The minimum atomic E-state index is -4.00. The fourth-order valence-electron chi connectivity index (χ4n) is 5.29. The van der Waals surface area contributed by atoms with Crippen molar-refractivity contribution >= 4 is 32.9 Å². The Morgan fingerprint density at radius 1 is 1.00 bits per heavy atom. The van der Waals surface area contributed by atoms with Gasteiger partial charge < -0.3 is 25.5 Å².